The van der Waals surface area contributed by atoms with Crippen molar-refractivity contribution in [1.29, 1.82) is 0 Å². The third-order valence-electron chi connectivity index (χ3n) is 3.29. The zero-order chi connectivity index (χ0) is 13.8. The van der Waals surface area contributed by atoms with E-state index in [1.165, 1.54) is 5.56 Å². The Kier molecular flexibility index (Phi) is 4.00. The lowest BCUT2D eigenvalue weighted by molar-refractivity contribution is 0.0930. The van der Waals surface area contributed by atoms with E-state index in [0.29, 0.717) is 5.69 Å². The van der Waals surface area contributed by atoms with Crippen molar-refractivity contribution in [1.82, 2.24) is 15.1 Å². The molecule has 1 N–H and O–H groups in total. The first-order chi connectivity index (χ1) is 9.11. The Balaban J connectivity index is 2.06. The number of nitrogens with one attached hydrogen (secondary N) is 1. The molecule has 0 bridgehead atoms. The number of amides is 1. The minimum Gasteiger partial charge on any atom is -0.344 e. The van der Waals surface area contributed by atoms with Crippen molar-refractivity contribution in [2.45, 2.75) is 26.3 Å². The topological polar surface area (TPSA) is 46.9 Å². The molecule has 19 heavy (non-hydrogen) atoms. The van der Waals surface area contributed by atoms with Gasteiger partial charge in [0.25, 0.3) is 5.91 Å². The van der Waals surface area contributed by atoms with Gasteiger partial charge in [-0.1, -0.05) is 31.2 Å². The van der Waals surface area contributed by atoms with Crippen molar-refractivity contribution in [2.75, 3.05) is 0 Å². The molecule has 0 saturated carbocycles. The van der Waals surface area contributed by atoms with Gasteiger partial charge in [0.1, 0.15) is 5.69 Å². The van der Waals surface area contributed by atoms with Crippen molar-refractivity contribution >= 4 is 5.91 Å². The Morgan fingerprint density at radius 3 is 2.53 bits per heavy atom. The van der Waals surface area contributed by atoms with Crippen molar-refractivity contribution in [3.63, 3.8) is 0 Å². The number of nitrogens with zero attached hydrogens (tertiary/aromatic N) is 2. The summed E-state index contributed by atoms with van der Waals surface area (Å²) in [4.78, 5) is 12.1. The van der Waals surface area contributed by atoms with Gasteiger partial charge in [0.15, 0.2) is 0 Å². The Bertz CT molecular complexity index is 557. The average molecular weight is 257 g/mol. The third kappa shape index (κ3) is 3.02. The molecule has 0 saturated heterocycles. The Morgan fingerprint density at radius 1 is 1.32 bits per heavy atom. The summed E-state index contributed by atoms with van der Waals surface area (Å²) in [6.45, 7) is 4.11. The Morgan fingerprint density at radius 2 is 2.00 bits per heavy atom. The molecule has 1 heterocycles. The molecule has 100 valence electrons. The van der Waals surface area contributed by atoms with Crippen LogP contribution in [0.2, 0.25) is 0 Å². The smallest absolute Gasteiger partial charge is 0.270 e. The fraction of sp³-hybridized carbons (Fsp3) is 0.333. The van der Waals surface area contributed by atoms with Crippen molar-refractivity contribution in [3.8, 4) is 0 Å². The summed E-state index contributed by atoms with van der Waals surface area (Å²) in [6.07, 6.45) is 2.64. The van der Waals surface area contributed by atoms with Crippen molar-refractivity contribution in [3.05, 3.63) is 53.3 Å². The SMILES string of the molecule is CCc1ccc([C@H](C)NC(=O)c2ccnn2C)cc1. The van der Waals surface area contributed by atoms with Crippen LogP contribution >= 0.6 is 0 Å². The van der Waals surface area contributed by atoms with Crippen molar-refractivity contribution in [2.24, 2.45) is 7.05 Å². The zero-order valence-corrected chi connectivity index (χ0v) is 11.6. The van der Waals surface area contributed by atoms with Gasteiger partial charge in [0, 0.05) is 13.2 Å². The lowest BCUT2D eigenvalue weighted by Crippen LogP contribution is -2.28. The third-order valence-corrected chi connectivity index (χ3v) is 3.29. The predicted octanol–water partition coefficient (Wildman–Crippen LogP) is 2.47. The summed E-state index contributed by atoms with van der Waals surface area (Å²) in [7, 11) is 1.76. The molecule has 2 rings (SSSR count). The van der Waals surface area contributed by atoms with Crippen LogP contribution in [0.5, 0.6) is 0 Å². The summed E-state index contributed by atoms with van der Waals surface area (Å²) in [5, 5.41) is 6.97. The van der Waals surface area contributed by atoms with Crippen LogP contribution in [0.3, 0.4) is 0 Å². The van der Waals surface area contributed by atoms with E-state index in [-0.39, 0.29) is 11.9 Å². The van der Waals surface area contributed by atoms with Crippen LogP contribution in [0, 0.1) is 0 Å². The monoisotopic (exact) mass is 257 g/mol. The van der Waals surface area contributed by atoms with Gasteiger partial charge in [0.05, 0.1) is 6.04 Å². The van der Waals surface area contributed by atoms with Crippen LogP contribution in [-0.4, -0.2) is 15.7 Å². The maximum Gasteiger partial charge on any atom is 0.270 e. The van der Waals surface area contributed by atoms with Gasteiger partial charge in [-0.25, -0.2) is 0 Å². The number of hydrogen-bond acceptors (Lipinski definition) is 2. The Labute approximate surface area is 113 Å². The quantitative estimate of drug-likeness (QED) is 0.914. The molecular weight excluding hydrogens is 238 g/mol. The van der Waals surface area contributed by atoms with Crippen LogP contribution in [0.15, 0.2) is 36.5 Å². The van der Waals surface area contributed by atoms with E-state index in [4.69, 9.17) is 0 Å². The molecule has 4 nitrogen and oxygen atoms in total. The molecule has 0 fully saturated rings. The summed E-state index contributed by atoms with van der Waals surface area (Å²) in [5.41, 5.74) is 2.97. The van der Waals surface area contributed by atoms with E-state index >= 15 is 0 Å². The van der Waals surface area contributed by atoms with Crippen LogP contribution in [-0.2, 0) is 13.5 Å². The second-order valence-electron chi connectivity index (χ2n) is 4.63. The van der Waals surface area contributed by atoms with Crippen LogP contribution in [0.25, 0.3) is 0 Å². The van der Waals surface area contributed by atoms with E-state index in [9.17, 15) is 4.79 Å². The van der Waals surface area contributed by atoms with Gasteiger partial charge in [-0.05, 0) is 30.5 Å². The molecule has 1 aromatic carbocycles. The van der Waals surface area contributed by atoms with E-state index < -0.39 is 0 Å². The largest absolute Gasteiger partial charge is 0.344 e. The molecule has 1 aromatic heterocycles. The minimum absolute atomic E-state index is 0.0201. The van der Waals surface area contributed by atoms with E-state index in [1.54, 1.807) is 24.0 Å². The van der Waals surface area contributed by atoms with Gasteiger partial charge in [-0.15, -0.1) is 0 Å². The number of benzene rings is 1. The highest BCUT2D eigenvalue weighted by molar-refractivity contribution is 5.92. The lowest BCUT2D eigenvalue weighted by atomic mass is 10.0. The molecule has 1 atom stereocenters. The van der Waals surface area contributed by atoms with E-state index in [0.717, 1.165) is 12.0 Å². The number of rotatable bonds is 4. The highest BCUT2D eigenvalue weighted by Crippen LogP contribution is 2.14. The van der Waals surface area contributed by atoms with Gasteiger partial charge < -0.3 is 5.32 Å². The summed E-state index contributed by atoms with van der Waals surface area (Å²) in [5.74, 6) is -0.105. The first-order valence-corrected chi connectivity index (χ1v) is 6.49. The molecule has 0 radical (unpaired) electrons. The van der Waals surface area contributed by atoms with E-state index in [1.807, 2.05) is 6.92 Å². The summed E-state index contributed by atoms with van der Waals surface area (Å²) < 4.78 is 1.57. The number of carbonyl (C=O) groups is 1. The van der Waals surface area contributed by atoms with Gasteiger partial charge in [-0.3, -0.25) is 9.48 Å². The molecule has 0 aliphatic carbocycles. The second kappa shape index (κ2) is 5.69. The number of aromatic nitrogens is 2. The zero-order valence-electron chi connectivity index (χ0n) is 11.6. The maximum absolute atomic E-state index is 12.1. The fourth-order valence-electron chi connectivity index (χ4n) is 1.99. The van der Waals surface area contributed by atoms with Gasteiger partial charge in [0.2, 0.25) is 0 Å². The maximum atomic E-state index is 12.1. The van der Waals surface area contributed by atoms with Gasteiger partial charge in [-0.2, -0.15) is 5.10 Å². The first kappa shape index (κ1) is 13.3. The van der Waals surface area contributed by atoms with Crippen LogP contribution in [0.4, 0.5) is 0 Å². The van der Waals surface area contributed by atoms with Crippen molar-refractivity contribution < 1.29 is 4.79 Å². The van der Waals surface area contributed by atoms with E-state index in [2.05, 4.69) is 41.6 Å². The second-order valence-corrected chi connectivity index (χ2v) is 4.63. The Hall–Kier alpha value is -2.10. The number of hydrogen-bond donors (Lipinski definition) is 1. The molecule has 0 aliphatic rings. The van der Waals surface area contributed by atoms with Crippen LogP contribution < -0.4 is 5.32 Å². The molecule has 4 heteroatoms. The molecule has 0 aliphatic heterocycles. The standard InChI is InChI=1S/C15H19N3O/c1-4-12-5-7-13(8-6-12)11(2)17-15(19)14-9-10-16-18(14)3/h5-11H,4H2,1-3H3,(H,17,19)/t11-/m0/s1. The number of carbonyl (C=O) groups excluding carboxylic acids is 1. The lowest BCUT2D eigenvalue weighted by Gasteiger charge is -2.14. The summed E-state index contributed by atoms with van der Waals surface area (Å²) in [6, 6.07) is 10.0. The highest BCUT2D eigenvalue weighted by atomic mass is 16.2. The summed E-state index contributed by atoms with van der Waals surface area (Å²) >= 11 is 0. The molecular formula is C15H19N3O. The molecule has 0 spiro atoms. The molecule has 1 amide bonds. The average Bonchev–Trinajstić information content (AvgIpc) is 2.85. The minimum atomic E-state index is -0.105. The molecule has 0 unspecified atom stereocenters. The number of aryl methyl sites for hydroxylation is 2. The fourth-order valence-corrected chi connectivity index (χ4v) is 1.99. The first-order valence-electron chi connectivity index (χ1n) is 6.49. The predicted molar refractivity (Wildman–Crippen MR) is 74.9 cm³/mol. The highest BCUT2D eigenvalue weighted by Gasteiger charge is 2.13. The van der Waals surface area contributed by atoms with Gasteiger partial charge >= 0.3 is 0 Å². The van der Waals surface area contributed by atoms with Crippen LogP contribution in [0.1, 0.15) is 41.5 Å². The molecule has 2 aromatic rings. The normalized spacial score (nSPS) is 12.2.